The molecule has 1 aromatic heterocycles. The minimum atomic E-state index is -5.06. The second-order valence-electron chi connectivity index (χ2n) is 13.6. The van der Waals surface area contributed by atoms with Crippen LogP contribution in [0.4, 0.5) is 13.2 Å². The van der Waals surface area contributed by atoms with Crippen LogP contribution in [0.25, 0.3) is 17.0 Å². The number of esters is 1. The summed E-state index contributed by atoms with van der Waals surface area (Å²) in [5, 5.41) is -0.116. The molecule has 0 fully saturated rings. The highest BCUT2D eigenvalue weighted by atomic mass is 19.4. The topological polar surface area (TPSA) is 69.0 Å². The number of nitrogens with zero attached hydrogens (tertiary/aromatic N) is 1. The van der Waals surface area contributed by atoms with Gasteiger partial charge in [0.15, 0.2) is 0 Å². The van der Waals surface area contributed by atoms with E-state index in [0.717, 1.165) is 29.5 Å². The third kappa shape index (κ3) is 10.1. The molecule has 9 heteroatoms. The fourth-order valence-electron chi connectivity index (χ4n) is 5.69. The largest absolute Gasteiger partial charge is 0.453 e. The average Bonchev–Trinajstić information content (AvgIpc) is 3.02. The molecule has 0 bridgehead atoms. The first kappa shape index (κ1) is 37.4. The van der Waals surface area contributed by atoms with Gasteiger partial charge in [-0.25, -0.2) is 4.79 Å². The Balaban J connectivity index is 1.82. The Bertz CT molecular complexity index is 1790. The van der Waals surface area contributed by atoms with Crippen molar-refractivity contribution in [2.24, 2.45) is 11.8 Å². The molecule has 6 nitrogen and oxygen atoms in total. The minimum Gasteiger partial charge on any atom is -0.449 e. The van der Waals surface area contributed by atoms with Crippen molar-refractivity contribution in [3.63, 3.8) is 0 Å². The number of hydrogen-bond donors (Lipinski definition) is 0. The molecule has 0 N–H and O–H groups in total. The molecule has 0 atom stereocenters. The van der Waals surface area contributed by atoms with Crippen molar-refractivity contribution in [3.05, 3.63) is 105 Å². The molecule has 3 aromatic carbocycles. The Morgan fingerprint density at radius 2 is 1.53 bits per heavy atom. The third-order valence-corrected chi connectivity index (χ3v) is 7.87. The van der Waals surface area contributed by atoms with Crippen molar-refractivity contribution >= 4 is 23.0 Å². The molecule has 0 radical (unpaired) electrons. The maximum Gasteiger partial charge on any atom is 0.453 e. The van der Waals surface area contributed by atoms with Gasteiger partial charge in [0.2, 0.25) is 11.2 Å². The van der Waals surface area contributed by atoms with Crippen LogP contribution < -0.4 is 14.9 Å². The van der Waals surface area contributed by atoms with Gasteiger partial charge in [-0.1, -0.05) is 91.3 Å². The summed E-state index contributed by atoms with van der Waals surface area (Å²) in [5.41, 5.74) is 1.82. The van der Waals surface area contributed by atoms with E-state index in [1.807, 2.05) is 58.9 Å². The number of hydrogen-bond acceptors (Lipinski definition) is 6. The molecule has 0 aliphatic carbocycles. The summed E-state index contributed by atoms with van der Waals surface area (Å²) in [6.45, 7) is 15.7. The normalized spacial score (nSPS) is 12.3. The highest BCUT2D eigenvalue weighted by Gasteiger charge is 2.41. The van der Waals surface area contributed by atoms with Gasteiger partial charge in [0, 0.05) is 25.7 Å². The molecule has 4 rings (SSSR count). The average molecular weight is 678 g/mol. The number of halogens is 3. The van der Waals surface area contributed by atoms with E-state index < -0.39 is 29.1 Å². The van der Waals surface area contributed by atoms with Crippen LogP contribution in [0.2, 0.25) is 0 Å². The number of alkyl halides is 3. The first-order valence-corrected chi connectivity index (χ1v) is 16.8. The van der Waals surface area contributed by atoms with E-state index >= 15 is 0 Å². The van der Waals surface area contributed by atoms with E-state index in [1.54, 1.807) is 18.2 Å². The van der Waals surface area contributed by atoms with Gasteiger partial charge in [-0.3, -0.25) is 9.69 Å². The summed E-state index contributed by atoms with van der Waals surface area (Å²) in [5.74, 6) is -2.34. The van der Waals surface area contributed by atoms with Crippen LogP contribution >= 0.6 is 0 Å². The van der Waals surface area contributed by atoms with Crippen LogP contribution in [0.1, 0.15) is 88.8 Å². The number of ether oxygens (including phenoxy) is 2. The maximum atomic E-state index is 14.6. The van der Waals surface area contributed by atoms with Crippen molar-refractivity contribution in [1.82, 2.24) is 4.90 Å². The number of fused-ring (bicyclic) bond motifs is 1. The van der Waals surface area contributed by atoms with E-state index in [9.17, 15) is 22.8 Å². The van der Waals surface area contributed by atoms with Crippen molar-refractivity contribution in [3.8, 4) is 17.2 Å². The Morgan fingerprint density at radius 3 is 2.08 bits per heavy atom. The first-order valence-electron chi connectivity index (χ1n) is 16.8. The van der Waals surface area contributed by atoms with E-state index in [4.69, 9.17) is 13.9 Å². The van der Waals surface area contributed by atoms with Crippen LogP contribution in [0.5, 0.6) is 17.2 Å². The zero-order valence-electron chi connectivity index (χ0n) is 29.3. The zero-order chi connectivity index (χ0) is 35.9. The van der Waals surface area contributed by atoms with Crippen molar-refractivity contribution < 1.29 is 31.9 Å². The molecule has 0 aliphatic rings. The van der Waals surface area contributed by atoms with E-state index in [-0.39, 0.29) is 46.4 Å². The van der Waals surface area contributed by atoms with Gasteiger partial charge >= 0.3 is 12.1 Å². The van der Waals surface area contributed by atoms with Gasteiger partial charge < -0.3 is 13.9 Å². The minimum absolute atomic E-state index is 0.00581. The summed E-state index contributed by atoms with van der Waals surface area (Å²) in [4.78, 5) is 29.0. The van der Waals surface area contributed by atoms with Crippen LogP contribution in [-0.2, 0) is 23.9 Å². The lowest BCUT2D eigenvalue weighted by Crippen LogP contribution is -2.31. The Kier molecular flexibility index (Phi) is 12.5. The summed E-state index contributed by atoms with van der Waals surface area (Å²) in [6.07, 6.45) is -0.484. The van der Waals surface area contributed by atoms with Crippen LogP contribution in [-0.4, -0.2) is 24.0 Å². The van der Waals surface area contributed by atoms with Crippen molar-refractivity contribution in [2.45, 2.75) is 79.9 Å². The second kappa shape index (κ2) is 16.4. The molecule has 262 valence electrons. The second-order valence-corrected chi connectivity index (χ2v) is 13.6. The molecule has 1 heterocycles. The Hall–Kier alpha value is -4.37. The summed E-state index contributed by atoms with van der Waals surface area (Å²) in [6, 6.07) is 17.1. The molecule has 0 spiro atoms. The lowest BCUT2D eigenvalue weighted by atomic mass is 10.0. The molecule has 0 unspecified atom stereocenters. The number of benzene rings is 3. The number of aryl methyl sites for hydroxylation is 1. The van der Waals surface area contributed by atoms with Crippen molar-refractivity contribution in [2.75, 3.05) is 13.1 Å². The highest BCUT2D eigenvalue weighted by Crippen LogP contribution is 2.40. The van der Waals surface area contributed by atoms with Crippen LogP contribution in [0, 0.1) is 11.8 Å². The van der Waals surface area contributed by atoms with Crippen LogP contribution in [0.15, 0.2) is 76.0 Å². The molecule has 49 heavy (non-hydrogen) atoms. The smallest absolute Gasteiger partial charge is 0.449 e. The van der Waals surface area contributed by atoms with Gasteiger partial charge in [-0.2, -0.15) is 13.2 Å². The summed E-state index contributed by atoms with van der Waals surface area (Å²) >= 11 is 0. The lowest BCUT2D eigenvalue weighted by Gasteiger charge is -2.27. The van der Waals surface area contributed by atoms with Crippen molar-refractivity contribution in [1.29, 1.82) is 0 Å². The number of carbonyl (C=O) groups excluding carboxylic acids is 1. The highest BCUT2D eigenvalue weighted by molar-refractivity contribution is 5.90. The van der Waals surface area contributed by atoms with Gasteiger partial charge in [-0.05, 0) is 71.2 Å². The fourth-order valence-corrected chi connectivity index (χ4v) is 5.69. The molecular weight excluding hydrogens is 631 g/mol. The molecule has 0 aliphatic heterocycles. The van der Waals surface area contributed by atoms with Gasteiger partial charge in [0.1, 0.15) is 17.1 Å². The predicted octanol–water partition coefficient (Wildman–Crippen LogP) is 10.4. The molecule has 0 saturated carbocycles. The third-order valence-electron chi connectivity index (χ3n) is 7.87. The molecule has 0 amide bonds. The molecule has 0 saturated heterocycles. The zero-order valence-corrected chi connectivity index (χ0v) is 29.3. The maximum absolute atomic E-state index is 14.6. The van der Waals surface area contributed by atoms with E-state index in [1.165, 1.54) is 30.3 Å². The Labute approximate surface area is 286 Å². The quantitative estimate of drug-likeness (QED) is 0.0752. The number of carbonyl (C=O) groups is 1. The molecule has 4 aromatic rings. The van der Waals surface area contributed by atoms with Crippen LogP contribution in [0.3, 0.4) is 0 Å². The van der Waals surface area contributed by atoms with E-state index in [0.29, 0.717) is 19.0 Å². The monoisotopic (exact) mass is 677 g/mol. The standard InChI is InChI=1S/C40H46F3NO5/c1-8-9-28-12-17-31(18-13-28)47-38-36(46)32-19-20-34(48-35(45)21-14-29-10-15-30(16-11-29)27(6)7)33(37(32)49-39(38)40(41,42)43)24-44(22-25(2)3)23-26(4)5/h10-21,25-27H,8-9,22-24H2,1-7H3/b21-14+. The van der Waals surface area contributed by atoms with E-state index in [2.05, 4.69) is 18.7 Å². The predicted molar refractivity (Wildman–Crippen MR) is 188 cm³/mol. The van der Waals surface area contributed by atoms with Gasteiger partial charge in [0.05, 0.1) is 10.9 Å². The first-order chi connectivity index (χ1) is 23.2. The summed E-state index contributed by atoms with van der Waals surface area (Å²) in [7, 11) is 0. The SMILES string of the molecule is CCCc1ccc(Oc2c(C(F)(F)F)oc3c(CN(CC(C)C)CC(C)C)c(OC(=O)/C=C/c4ccc(C(C)C)cc4)ccc3c2=O)cc1. The lowest BCUT2D eigenvalue weighted by molar-refractivity contribution is -0.154. The van der Waals surface area contributed by atoms with Gasteiger partial charge in [-0.15, -0.1) is 0 Å². The molecular formula is C40H46F3NO5. The Morgan fingerprint density at radius 1 is 0.898 bits per heavy atom. The number of rotatable bonds is 14. The van der Waals surface area contributed by atoms with Gasteiger partial charge in [0.25, 0.3) is 5.76 Å². The fraction of sp³-hybridized carbons (Fsp3) is 0.400. The summed E-state index contributed by atoms with van der Waals surface area (Å²) < 4.78 is 60.7.